The molecule has 1 heterocycles. The molecule has 1 aliphatic rings. The number of hydrogen-bond donors (Lipinski definition) is 2. The lowest BCUT2D eigenvalue weighted by Gasteiger charge is -2.01. The van der Waals surface area contributed by atoms with Crippen LogP contribution >= 0.6 is 0 Å². The molecule has 3 rings (SSSR count). The highest BCUT2D eigenvalue weighted by Crippen LogP contribution is 2.22. The number of imidazole rings is 1. The van der Waals surface area contributed by atoms with E-state index < -0.39 is 0 Å². The number of benzene rings is 1. The van der Waals surface area contributed by atoms with Crippen molar-refractivity contribution in [3.05, 3.63) is 41.3 Å². The zero-order chi connectivity index (χ0) is 13.9. The van der Waals surface area contributed by atoms with Gasteiger partial charge in [-0.3, -0.25) is 0 Å². The van der Waals surface area contributed by atoms with Gasteiger partial charge >= 0.3 is 0 Å². The van der Waals surface area contributed by atoms with Crippen LogP contribution in [-0.2, 0) is 12.8 Å². The van der Waals surface area contributed by atoms with E-state index in [4.69, 9.17) is 4.98 Å². The van der Waals surface area contributed by atoms with Gasteiger partial charge in [-0.1, -0.05) is 31.2 Å². The largest absolute Gasteiger partial charge is 0.346 e. The highest BCUT2D eigenvalue weighted by Gasteiger charge is 2.20. The maximum Gasteiger partial charge on any atom is 0.108 e. The Morgan fingerprint density at radius 3 is 2.65 bits per heavy atom. The summed E-state index contributed by atoms with van der Waals surface area (Å²) >= 11 is 0. The van der Waals surface area contributed by atoms with Crippen molar-refractivity contribution in [3.8, 4) is 11.3 Å². The Morgan fingerprint density at radius 1 is 1.25 bits per heavy atom. The predicted octanol–water partition coefficient (Wildman–Crippen LogP) is 3.24. The fourth-order valence-electron chi connectivity index (χ4n) is 2.50. The molecule has 0 bridgehead atoms. The third kappa shape index (κ3) is 3.10. The van der Waals surface area contributed by atoms with E-state index in [1.165, 1.54) is 24.0 Å². The smallest absolute Gasteiger partial charge is 0.108 e. The summed E-state index contributed by atoms with van der Waals surface area (Å²) in [6.07, 6.45) is 4.74. The summed E-state index contributed by atoms with van der Waals surface area (Å²) in [5.41, 5.74) is 4.83. The molecule has 0 atom stereocenters. The van der Waals surface area contributed by atoms with E-state index in [-0.39, 0.29) is 0 Å². The molecule has 1 aliphatic carbocycles. The maximum atomic E-state index is 4.76. The van der Waals surface area contributed by atoms with E-state index in [2.05, 4.69) is 48.4 Å². The first kappa shape index (κ1) is 13.4. The van der Waals surface area contributed by atoms with Crippen LogP contribution in [0.15, 0.2) is 24.3 Å². The lowest BCUT2D eigenvalue weighted by molar-refractivity contribution is 0.669. The summed E-state index contributed by atoms with van der Waals surface area (Å²) in [6, 6.07) is 9.50. The van der Waals surface area contributed by atoms with Crippen LogP contribution in [0, 0.1) is 6.92 Å². The zero-order valence-corrected chi connectivity index (χ0v) is 12.4. The van der Waals surface area contributed by atoms with Crippen LogP contribution in [0.1, 0.15) is 36.8 Å². The van der Waals surface area contributed by atoms with Gasteiger partial charge in [0.2, 0.25) is 0 Å². The van der Waals surface area contributed by atoms with E-state index in [1.54, 1.807) is 0 Å². The monoisotopic (exact) mass is 269 g/mol. The van der Waals surface area contributed by atoms with E-state index in [9.17, 15) is 0 Å². The average molecular weight is 269 g/mol. The van der Waals surface area contributed by atoms with Gasteiger partial charge < -0.3 is 10.3 Å². The SMILES string of the molecule is CCc1ccc(-c2nc(CCNC3CC3)[nH]c2C)cc1. The van der Waals surface area contributed by atoms with Crippen LogP contribution in [0.3, 0.4) is 0 Å². The van der Waals surface area contributed by atoms with Crippen molar-refractivity contribution in [2.24, 2.45) is 0 Å². The first-order chi connectivity index (χ1) is 9.76. The highest BCUT2D eigenvalue weighted by molar-refractivity contribution is 5.62. The molecule has 0 unspecified atom stereocenters. The first-order valence-electron chi connectivity index (χ1n) is 7.64. The molecular weight excluding hydrogens is 246 g/mol. The molecule has 1 fully saturated rings. The summed E-state index contributed by atoms with van der Waals surface area (Å²) in [5.74, 6) is 1.09. The lowest BCUT2D eigenvalue weighted by Crippen LogP contribution is -2.19. The molecule has 0 radical (unpaired) electrons. The Morgan fingerprint density at radius 2 is 2.00 bits per heavy atom. The summed E-state index contributed by atoms with van der Waals surface area (Å²) < 4.78 is 0. The van der Waals surface area contributed by atoms with Gasteiger partial charge in [-0.15, -0.1) is 0 Å². The number of nitrogens with zero attached hydrogens (tertiary/aromatic N) is 1. The number of aryl methyl sites for hydroxylation is 2. The minimum atomic E-state index is 0.770. The van der Waals surface area contributed by atoms with E-state index in [0.717, 1.165) is 42.6 Å². The highest BCUT2D eigenvalue weighted by atomic mass is 15.0. The van der Waals surface area contributed by atoms with Crippen molar-refractivity contribution in [1.82, 2.24) is 15.3 Å². The molecule has 1 aromatic heterocycles. The second-order valence-corrected chi connectivity index (χ2v) is 5.69. The third-order valence-corrected chi connectivity index (χ3v) is 3.94. The number of H-pyrrole nitrogens is 1. The van der Waals surface area contributed by atoms with Crippen LogP contribution in [0.2, 0.25) is 0 Å². The van der Waals surface area contributed by atoms with Gasteiger partial charge in [-0.2, -0.15) is 0 Å². The standard InChI is InChI=1S/C17H23N3/c1-3-13-4-6-14(7-5-13)17-12(2)19-16(20-17)10-11-18-15-8-9-15/h4-7,15,18H,3,8-11H2,1-2H3,(H,19,20). The average Bonchev–Trinajstić information content (AvgIpc) is 3.21. The second-order valence-electron chi connectivity index (χ2n) is 5.69. The van der Waals surface area contributed by atoms with Crippen LogP contribution < -0.4 is 5.32 Å². The van der Waals surface area contributed by atoms with Crippen molar-refractivity contribution in [2.45, 2.75) is 45.6 Å². The first-order valence-corrected chi connectivity index (χ1v) is 7.64. The Labute approximate surface area is 120 Å². The molecule has 106 valence electrons. The lowest BCUT2D eigenvalue weighted by atomic mass is 10.1. The summed E-state index contributed by atoms with van der Waals surface area (Å²) in [4.78, 5) is 8.17. The van der Waals surface area contributed by atoms with Crippen LogP contribution in [0.25, 0.3) is 11.3 Å². The molecule has 0 aliphatic heterocycles. The minimum Gasteiger partial charge on any atom is -0.346 e. The van der Waals surface area contributed by atoms with Crippen molar-refractivity contribution in [1.29, 1.82) is 0 Å². The topological polar surface area (TPSA) is 40.7 Å². The number of aromatic nitrogens is 2. The van der Waals surface area contributed by atoms with Crippen LogP contribution in [0.5, 0.6) is 0 Å². The van der Waals surface area contributed by atoms with E-state index in [1.807, 2.05) is 0 Å². The van der Waals surface area contributed by atoms with Gasteiger partial charge in [0.15, 0.2) is 0 Å². The van der Waals surface area contributed by atoms with Gasteiger partial charge in [-0.05, 0) is 31.7 Å². The summed E-state index contributed by atoms with van der Waals surface area (Å²) in [5, 5.41) is 3.53. The van der Waals surface area contributed by atoms with Gasteiger partial charge in [0.05, 0.1) is 5.69 Å². The maximum absolute atomic E-state index is 4.76. The number of hydrogen-bond acceptors (Lipinski definition) is 2. The van der Waals surface area contributed by atoms with Crippen LogP contribution in [0.4, 0.5) is 0 Å². The molecule has 0 spiro atoms. The van der Waals surface area contributed by atoms with Crippen molar-refractivity contribution in [2.75, 3.05) is 6.54 Å². The van der Waals surface area contributed by atoms with Crippen LogP contribution in [-0.4, -0.2) is 22.6 Å². The Bertz CT molecular complexity index is 564. The molecule has 0 saturated heterocycles. The molecule has 3 nitrogen and oxygen atoms in total. The quantitative estimate of drug-likeness (QED) is 0.845. The van der Waals surface area contributed by atoms with Crippen molar-refractivity contribution >= 4 is 0 Å². The number of nitrogens with one attached hydrogen (secondary N) is 2. The van der Waals surface area contributed by atoms with Gasteiger partial charge in [-0.25, -0.2) is 4.98 Å². The van der Waals surface area contributed by atoms with E-state index >= 15 is 0 Å². The molecule has 2 N–H and O–H groups in total. The zero-order valence-electron chi connectivity index (χ0n) is 12.4. The number of aromatic amines is 1. The summed E-state index contributed by atoms with van der Waals surface area (Å²) in [6.45, 7) is 5.31. The molecule has 0 amide bonds. The Balaban J connectivity index is 1.69. The Kier molecular flexibility index (Phi) is 3.88. The molecule has 1 saturated carbocycles. The molecular formula is C17H23N3. The van der Waals surface area contributed by atoms with Crippen molar-refractivity contribution < 1.29 is 0 Å². The molecule has 3 heteroatoms. The fourth-order valence-corrected chi connectivity index (χ4v) is 2.50. The van der Waals surface area contributed by atoms with Gasteiger partial charge in [0.1, 0.15) is 5.82 Å². The van der Waals surface area contributed by atoms with E-state index in [0.29, 0.717) is 0 Å². The summed E-state index contributed by atoms with van der Waals surface area (Å²) in [7, 11) is 0. The molecule has 20 heavy (non-hydrogen) atoms. The number of rotatable bonds is 6. The molecule has 2 aromatic rings. The normalized spacial score (nSPS) is 14.7. The predicted molar refractivity (Wildman–Crippen MR) is 82.9 cm³/mol. The Hall–Kier alpha value is -1.61. The third-order valence-electron chi connectivity index (χ3n) is 3.94. The second kappa shape index (κ2) is 5.80. The van der Waals surface area contributed by atoms with Gasteiger partial charge in [0, 0.05) is 30.3 Å². The minimum absolute atomic E-state index is 0.770. The fraction of sp³-hybridized carbons (Fsp3) is 0.471. The van der Waals surface area contributed by atoms with Gasteiger partial charge in [0.25, 0.3) is 0 Å². The molecule has 1 aromatic carbocycles. The van der Waals surface area contributed by atoms with Crippen molar-refractivity contribution in [3.63, 3.8) is 0 Å².